The molecule has 0 bridgehead atoms. The van der Waals surface area contributed by atoms with E-state index in [1.807, 2.05) is 24.3 Å². The van der Waals surface area contributed by atoms with Gasteiger partial charge in [-0.1, -0.05) is 46.3 Å². The fourth-order valence-corrected chi connectivity index (χ4v) is 3.31. The van der Waals surface area contributed by atoms with Crippen molar-refractivity contribution in [3.8, 4) is 11.3 Å². The summed E-state index contributed by atoms with van der Waals surface area (Å²) in [5, 5.41) is 1.92. The van der Waals surface area contributed by atoms with Crippen LogP contribution in [0.25, 0.3) is 22.1 Å². The largest absolute Gasteiger partial charge is 0.465 e. The Bertz CT molecular complexity index is 881. The van der Waals surface area contributed by atoms with E-state index in [1.54, 1.807) is 12.1 Å². The maximum absolute atomic E-state index is 12.0. The second-order valence-corrected chi connectivity index (χ2v) is 7.26. The van der Waals surface area contributed by atoms with Crippen molar-refractivity contribution in [1.82, 2.24) is 0 Å². The van der Waals surface area contributed by atoms with Crippen LogP contribution in [0.1, 0.15) is 27.7 Å². The third-order valence-corrected chi connectivity index (χ3v) is 4.85. The lowest BCUT2D eigenvalue weighted by Crippen LogP contribution is -2.02. The SMILES string of the molecule is COC(=O)c1ccccc1-c1oc(Br)c2cc(C(C)Br)ccc12. The molecule has 0 N–H and O–H groups in total. The van der Waals surface area contributed by atoms with Crippen LogP contribution in [0.3, 0.4) is 0 Å². The first kappa shape index (κ1) is 16.3. The molecule has 0 amide bonds. The number of methoxy groups -OCH3 is 1. The smallest absolute Gasteiger partial charge is 0.338 e. The molecule has 0 radical (unpaired) electrons. The Morgan fingerprint density at radius 2 is 1.91 bits per heavy atom. The Kier molecular flexibility index (Phi) is 4.60. The molecule has 3 aromatic rings. The van der Waals surface area contributed by atoms with Gasteiger partial charge in [-0.25, -0.2) is 4.79 Å². The van der Waals surface area contributed by atoms with E-state index in [1.165, 1.54) is 7.11 Å². The fourth-order valence-electron chi connectivity index (χ4n) is 2.54. The molecule has 0 aliphatic rings. The van der Waals surface area contributed by atoms with E-state index in [9.17, 15) is 4.79 Å². The molecule has 3 rings (SSSR count). The number of rotatable bonds is 3. The maximum atomic E-state index is 12.0. The molecule has 0 aliphatic heterocycles. The van der Waals surface area contributed by atoms with E-state index in [2.05, 4.69) is 44.8 Å². The van der Waals surface area contributed by atoms with Crippen molar-refractivity contribution in [3.63, 3.8) is 0 Å². The molecular formula is C18H14Br2O3. The molecule has 2 aromatic carbocycles. The number of ether oxygens (including phenoxy) is 1. The second kappa shape index (κ2) is 6.49. The van der Waals surface area contributed by atoms with Crippen LogP contribution in [0.4, 0.5) is 0 Å². The summed E-state index contributed by atoms with van der Waals surface area (Å²) in [6.45, 7) is 2.07. The third-order valence-electron chi connectivity index (χ3n) is 3.73. The van der Waals surface area contributed by atoms with Crippen molar-refractivity contribution in [2.75, 3.05) is 7.11 Å². The van der Waals surface area contributed by atoms with Crippen LogP contribution >= 0.6 is 31.9 Å². The molecule has 0 fully saturated rings. The second-order valence-electron chi connectivity index (χ2n) is 5.16. The molecule has 1 heterocycles. The van der Waals surface area contributed by atoms with E-state index in [-0.39, 0.29) is 10.8 Å². The summed E-state index contributed by atoms with van der Waals surface area (Å²) in [5.41, 5.74) is 2.36. The Balaban J connectivity index is 2.24. The summed E-state index contributed by atoms with van der Waals surface area (Å²) in [7, 11) is 1.37. The zero-order chi connectivity index (χ0) is 16.6. The predicted octanol–water partition coefficient (Wildman–Crippen LogP) is 6.10. The number of fused-ring (bicyclic) bond motifs is 1. The Morgan fingerprint density at radius 1 is 1.17 bits per heavy atom. The maximum Gasteiger partial charge on any atom is 0.338 e. The zero-order valence-corrected chi connectivity index (χ0v) is 15.8. The molecule has 0 saturated carbocycles. The number of halogens is 2. The van der Waals surface area contributed by atoms with Crippen LogP contribution in [0.2, 0.25) is 0 Å². The molecule has 5 heteroatoms. The number of carbonyl (C=O) groups excluding carboxylic acids is 1. The van der Waals surface area contributed by atoms with Gasteiger partial charge in [0.1, 0.15) is 5.76 Å². The van der Waals surface area contributed by atoms with Gasteiger partial charge >= 0.3 is 5.97 Å². The van der Waals surface area contributed by atoms with E-state index in [4.69, 9.17) is 9.15 Å². The van der Waals surface area contributed by atoms with E-state index in [0.717, 1.165) is 21.9 Å². The van der Waals surface area contributed by atoms with Crippen LogP contribution < -0.4 is 0 Å². The van der Waals surface area contributed by atoms with Gasteiger partial charge in [0.05, 0.1) is 12.7 Å². The van der Waals surface area contributed by atoms with E-state index >= 15 is 0 Å². The first-order chi connectivity index (χ1) is 11.0. The van der Waals surface area contributed by atoms with Crippen molar-refractivity contribution >= 4 is 48.6 Å². The van der Waals surface area contributed by atoms with Crippen molar-refractivity contribution in [1.29, 1.82) is 0 Å². The Hall–Kier alpha value is -1.59. The minimum Gasteiger partial charge on any atom is -0.465 e. The van der Waals surface area contributed by atoms with Gasteiger partial charge in [-0.3, -0.25) is 0 Å². The number of hydrogen-bond acceptors (Lipinski definition) is 3. The van der Waals surface area contributed by atoms with Crippen molar-refractivity contribution in [3.05, 3.63) is 58.3 Å². The van der Waals surface area contributed by atoms with Crippen LogP contribution in [-0.2, 0) is 4.74 Å². The summed E-state index contributed by atoms with van der Waals surface area (Å²) in [6.07, 6.45) is 0. The number of esters is 1. The van der Waals surface area contributed by atoms with Crippen LogP contribution in [-0.4, -0.2) is 13.1 Å². The predicted molar refractivity (Wildman–Crippen MR) is 98.0 cm³/mol. The lowest BCUT2D eigenvalue weighted by atomic mass is 10.0. The van der Waals surface area contributed by atoms with Crippen molar-refractivity contribution in [2.24, 2.45) is 0 Å². The lowest BCUT2D eigenvalue weighted by Gasteiger charge is -2.06. The molecule has 1 unspecified atom stereocenters. The fraction of sp³-hybridized carbons (Fsp3) is 0.167. The van der Waals surface area contributed by atoms with Crippen LogP contribution in [0.5, 0.6) is 0 Å². The molecule has 3 nitrogen and oxygen atoms in total. The van der Waals surface area contributed by atoms with Gasteiger partial charge < -0.3 is 9.15 Å². The zero-order valence-electron chi connectivity index (χ0n) is 12.6. The molecule has 1 atom stereocenters. The first-order valence-corrected chi connectivity index (χ1v) is 8.77. The highest BCUT2D eigenvalue weighted by molar-refractivity contribution is 9.10. The molecular weight excluding hydrogens is 424 g/mol. The van der Waals surface area contributed by atoms with Gasteiger partial charge in [0.2, 0.25) is 0 Å². The highest BCUT2D eigenvalue weighted by atomic mass is 79.9. The number of carbonyl (C=O) groups is 1. The number of hydrogen-bond donors (Lipinski definition) is 0. The summed E-state index contributed by atoms with van der Waals surface area (Å²) in [5.74, 6) is 0.272. The van der Waals surface area contributed by atoms with Gasteiger partial charge in [-0.2, -0.15) is 0 Å². The topological polar surface area (TPSA) is 39.4 Å². The lowest BCUT2D eigenvalue weighted by molar-refractivity contribution is 0.0601. The number of alkyl halides is 1. The van der Waals surface area contributed by atoms with Crippen molar-refractivity contribution < 1.29 is 13.9 Å². The number of furan rings is 1. The number of benzene rings is 2. The summed E-state index contributed by atoms with van der Waals surface area (Å²) in [4.78, 5) is 12.3. The van der Waals surface area contributed by atoms with E-state index in [0.29, 0.717) is 16.0 Å². The molecule has 0 spiro atoms. The average molecular weight is 438 g/mol. The van der Waals surface area contributed by atoms with Crippen molar-refractivity contribution in [2.45, 2.75) is 11.8 Å². The summed E-state index contributed by atoms with van der Waals surface area (Å²) in [6, 6.07) is 13.4. The van der Waals surface area contributed by atoms with Gasteiger partial charge in [0.15, 0.2) is 4.67 Å². The highest BCUT2D eigenvalue weighted by Crippen LogP contribution is 2.40. The Morgan fingerprint density at radius 3 is 2.61 bits per heavy atom. The normalized spacial score (nSPS) is 12.3. The van der Waals surface area contributed by atoms with Gasteiger partial charge in [-0.15, -0.1) is 0 Å². The molecule has 1 aromatic heterocycles. The molecule has 118 valence electrons. The highest BCUT2D eigenvalue weighted by Gasteiger charge is 2.20. The standard InChI is InChI=1S/C18H14Br2O3/c1-10(19)11-7-8-13-15(9-11)17(20)23-16(13)12-5-3-4-6-14(12)18(21)22-2/h3-10H,1-2H3. The molecule has 23 heavy (non-hydrogen) atoms. The summed E-state index contributed by atoms with van der Waals surface area (Å²) < 4.78 is 11.4. The quantitative estimate of drug-likeness (QED) is 0.366. The summed E-state index contributed by atoms with van der Waals surface area (Å²) >= 11 is 7.06. The molecule has 0 saturated heterocycles. The minimum atomic E-state index is -0.382. The van der Waals surface area contributed by atoms with Crippen LogP contribution in [0, 0.1) is 0 Å². The van der Waals surface area contributed by atoms with Gasteiger partial charge in [-0.05, 0) is 40.5 Å². The average Bonchev–Trinajstić information content (AvgIpc) is 2.90. The van der Waals surface area contributed by atoms with Gasteiger partial charge in [0, 0.05) is 21.2 Å². The van der Waals surface area contributed by atoms with E-state index < -0.39 is 0 Å². The van der Waals surface area contributed by atoms with Gasteiger partial charge in [0.25, 0.3) is 0 Å². The third kappa shape index (κ3) is 2.95. The monoisotopic (exact) mass is 436 g/mol. The molecule has 0 aliphatic carbocycles. The first-order valence-electron chi connectivity index (χ1n) is 7.06. The van der Waals surface area contributed by atoms with Crippen LogP contribution in [0.15, 0.2) is 51.6 Å². The Labute approximate surface area is 150 Å². The minimum absolute atomic E-state index is 0.250.